The summed E-state index contributed by atoms with van der Waals surface area (Å²) in [5.74, 6) is -0.0277. The second kappa shape index (κ2) is 10.3. The van der Waals surface area contributed by atoms with E-state index in [9.17, 15) is 23.4 Å². The highest BCUT2D eigenvalue weighted by Gasteiger charge is 2.31. The van der Waals surface area contributed by atoms with Crippen LogP contribution in [0.1, 0.15) is 41.1 Å². The summed E-state index contributed by atoms with van der Waals surface area (Å²) in [5, 5.41) is 40.0. The first-order chi connectivity index (χ1) is 16.7. The maximum absolute atomic E-state index is 12.7. The Morgan fingerprint density at radius 3 is 2.54 bits per heavy atom. The summed E-state index contributed by atoms with van der Waals surface area (Å²) in [6, 6.07) is 3.56. The minimum absolute atomic E-state index is 0.0302. The van der Waals surface area contributed by atoms with E-state index in [0.717, 1.165) is 17.7 Å². The summed E-state index contributed by atoms with van der Waals surface area (Å²) in [6.07, 6.45) is -2.49. The normalized spacial score (nSPS) is 16.6. The van der Waals surface area contributed by atoms with Gasteiger partial charge in [0.25, 0.3) is 0 Å². The van der Waals surface area contributed by atoms with Crippen molar-refractivity contribution >= 4 is 23.0 Å². The Morgan fingerprint density at radius 2 is 1.97 bits per heavy atom. The zero-order chi connectivity index (χ0) is 25.2. The minimum Gasteiger partial charge on any atom is -0.420 e. The molecule has 35 heavy (non-hydrogen) atoms. The Kier molecular flexibility index (Phi) is 7.33. The third kappa shape index (κ3) is 5.77. The van der Waals surface area contributed by atoms with Gasteiger partial charge in [-0.2, -0.15) is 13.2 Å². The van der Waals surface area contributed by atoms with Crippen LogP contribution in [-0.2, 0) is 12.8 Å². The number of anilines is 1. The van der Waals surface area contributed by atoms with E-state index >= 15 is 0 Å². The molecule has 3 aromatic heterocycles. The fourth-order valence-corrected chi connectivity index (χ4v) is 3.71. The lowest BCUT2D eigenvalue weighted by atomic mass is 10.0. The molecular weight excluding hydrogens is 493 g/mol. The molecular formula is C21H20ClF3N6O4. The number of rotatable bonds is 7. The lowest BCUT2D eigenvalue weighted by molar-refractivity contribution is -0.137. The molecule has 0 fully saturated rings. The summed E-state index contributed by atoms with van der Waals surface area (Å²) in [5.41, 5.74) is 0.787. The summed E-state index contributed by atoms with van der Waals surface area (Å²) in [7, 11) is 0. The number of aromatic nitrogens is 4. The van der Waals surface area contributed by atoms with Crippen molar-refractivity contribution in [3.63, 3.8) is 0 Å². The smallest absolute Gasteiger partial charge is 0.417 e. The zero-order valence-electron chi connectivity index (χ0n) is 17.9. The van der Waals surface area contributed by atoms with Gasteiger partial charge in [0.15, 0.2) is 12.5 Å². The minimum atomic E-state index is -4.49. The molecule has 4 rings (SSSR count). The van der Waals surface area contributed by atoms with E-state index in [1.54, 1.807) is 4.90 Å². The van der Waals surface area contributed by atoms with E-state index in [-0.39, 0.29) is 22.6 Å². The number of halogens is 4. The number of aliphatic hydroxyl groups excluding tert-OH is 3. The van der Waals surface area contributed by atoms with Gasteiger partial charge in [0, 0.05) is 31.0 Å². The van der Waals surface area contributed by atoms with E-state index < -0.39 is 30.8 Å². The predicted molar refractivity (Wildman–Crippen MR) is 117 cm³/mol. The molecule has 0 aliphatic carbocycles. The molecule has 0 amide bonds. The molecule has 1 aliphatic heterocycles. The van der Waals surface area contributed by atoms with Crippen molar-refractivity contribution in [1.82, 2.24) is 25.1 Å². The summed E-state index contributed by atoms with van der Waals surface area (Å²) >= 11 is 6.39. The molecule has 4 heterocycles. The molecule has 0 radical (unpaired) electrons. The predicted octanol–water partition coefficient (Wildman–Crippen LogP) is 2.58. The maximum Gasteiger partial charge on any atom is 0.417 e. The topological polar surface area (TPSA) is 141 Å². The van der Waals surface area contributed by atoms with Gasteiger partial charge in [0.1, 0.15) is 12.4 Å². The quantitative estimate of drug-likeness (QED) is 0.349. The zero-order valence-corrected chi connectivity index (χ0v) is 18.7. The van der Waals surface area contributed by atoms with Crippen molar-refractivity contribution in [2.24, 2.45) is 0 Å². The highest BCUT2D eigenvalue weighted by molar-refractivity contribution is 6.32. The fraction of sp³-hybridized carbons (Fsp3) is 0.333. The van der Waals surface area contributed by atoms with Gasteiger partial charge in [-0.05, 0) is 30.2 Å². The third-order valence-corrected chi connectivity index (χ3v) is 5.58. The summed E-state index contributed by atoms with van der Waals surface area (Å²) in [4.78, 5) is 9.70. The number of hydrogen-bond donors (Lipinski definition) is 4. The molecule has 2 atom stereocenters. The number of hydrogen-bond acceptors (Lipinski definition) is 10. The molecule has 2 unspecified atom stereocenters. The van der Waals surface area contributed by atoms with Gasteiger partial charge in [0.2, 0.25) is 11.8 Å². The molecule has 0 saturated carbocycles. The molecule has 0 spiro atoms. The maximum atomic E-state index is 12.7. The van der Waals surface area contributed by atoms with Crippen LogP contribution < -0.4 is 5.32 Å². The first-order valence-electron chi connectivity index (χ1n) is 10.3. The first kappa shape index (κ1) is 25.0. The Labute approximate surface area is 201 Å². The molecule has 1 aliphatic rings. The van der Waals surface area contributed by atoms with E-state index in [1.807, 2.05) is 6.08 Å². The second-order valence-electron chi connectivity index (χ2n) is 7.62. The van der Waals surface area contributed by atoms with E-state index in [1.165, 1.54) is 12.3 Å². The number of pyridine rings is 2. The van der Waals surface area contributed by atoms with Crippen LogP contribution in [0.5, 0.6) is 0 Å². The lowest BCUT2D eigenvalue weighted by Gasteiger charge is -2.31. The van der Waals surface area contributed by atoms with E-state index in [0.29, 0.717) is 37.0 Å². The number of nitrogens with zero attached hydrogens (tertiary/aromatic N) is 5. The molecule has 3 aromatic rings. The van der Waals surface area contributed by atoms with Crippen LogP contribution in [0.2, 0.25) is 5.02 Å². The highest BCUT2D eigenvalue weighted by atomic mass is 35.5. The van der Waals surface area contributed by atoms with Gasteiger partial charge in [-0.25, -0.2) is 4.98 Å². The third-order valence-electron chi connectivity index (χ3n) is 5.29. The molecule has 0 aromatic carbocycles. The average Bonchev–Trinajstić information content (AvgIpc) is 3.33. The second-order valence-corrected chi connectivity index (χ2v) is 8.02. The van der Waals surface area contributed by atoms with Gasteiger partial charge in [-0.15, -0.1) is 10.2 Å². The Hall–Kier alpha value is -3.10. The fourth-order valence-electron chi connectivity index (χ4n) is 3.41. The molecule has 10 nitrogen and oxygen atoms in total. The molecule has 186 valence electrons. The highest BCUT2D eigenvalue weighted by Crippen LogP contribution is 2.31. The summed E-state index contributed by atoms with van der Waals surface area (Å²) < 4.78 is 43.1. The van der Waals surface area contributed by atoms with Crippen LogP contribution in [-0.4, -0.2) is 59.8 Å². The van der Waals surface area contributed by atoms with Crippen molar-refractivity contribution in [2.75, 3.05) is 18.4 Å². The van der Waals surface area contributed by atoms with Gasteiger partial charge in [-0.1, -0.05) is 17.7 Å². The SMILES string of the molecule is OCc1nnc(C(O)c2cnc(C3=CCN(C(O)Nc4ccc(C(F)(F)F)cn4)CC3)c(Cl)c2)o1. The van der Waals surface area contributed by atoms with Crippen LogP contribution >= 0.6 is 11.6 Å². The van der Waals surface area contributed by atoms with Crippen molar-refractivity contribution < 1.29 is 32.9 Å². The Bertz CT molecular complexity index is 1200. The van der Waals surface area contributed by atoms with Crippen LogP contribution in [0, 0.1) is 0 Å². The van der Waals surface area contributed by atoms with Gasteiger partial charge < -0.3 is 25.1 Å². The molecule has 4 N–H and O–H groups in total. The van der Waals surface area contributed by atoms with Crippen LogP contribution in [0.25, 0.3) is 5.57 Å². The van der Waals surface area contributed by atoms with Crippen molar-refractivity contribution in [1.29, 1.82) is 0 Å². The van der Waals surface area contributed by atoms with Crippen LogP contribution in [0.3, 0.4) is 0 Å². The van der Waals surface area contributed by atoms with Crippen LogP contribution in [0.4, 0.5) is 19.0 Å². The number of aliphatic hydroxyl groups is 3. The van der Waals surface area contributed by atoms with Gasteiger partial charge >= 0.3 is 6.18 Å². The standard InChI is InChI=1S/C21H20ClF3N6O4/c22-14-7-12(18(33)19-30-29-16(10-32)35-19)8-27-17(14)11-3-5-31(6-4-11)20(34)28-15-2-1-13(9-26-15)21(23,24)25/h1-3,7-9,18,20,32-34H,4-6,10H2,(H,26,28). The van der Waals surface area contributed by atoms with Crippen molar-refractivity contribution in [2.45, 2.75) is 31.7 Å². The van der Waals surface area contributed by atoms with Crippen molar-refractivity contribution in [3.8, 4) is 0 Å². The Balaban J connectivity index is 1.39. The number of nitrogens with one attached hydrogen (secondary N) is 1. The first-order valence-corrected chi connectivity index (χ1v) is 10.7. The van der Waals surface area contributed by atoms with Gasteiger partial charge in [-0.3, -0.25) is 9.88 Å². The Morgan fingerprint density at radius 1 is 1.17 bits per heavy atom. The average molecular weight is 513 g/mol. The number of alkyl halides is 3. The molecule has 0 bridgehead atoms. The van der Waals surface area contributed by atoms with Crippen molar-refractivity contribution in [3.05, 3.63) is 70.3 Å². The molecule has 14 heteroatoms. The monoisotopic (exact) mass is 512 g/mol. The molecule has 0 saturated heterocycles. The van der Waals surface area contributed by atoms with Crippen LogP contribution in [0.15, 0.2) is 41.1 Å². The van der Waals surface area contributed by atoms with Gasteiger partial charge in [0.05, 0.1) is 16.3 Å². The summed E-state index contributed by atoms with van der Waals surface area (Å²) in [6.45, 7) is 0.279. The lowest BCUT2D eigenvalue weighted by Crippen LogP contribution is -2.43. The van der Waals surface area contributed by atoms with E-state index in [2.05, 4.69) is 25.5 Å². The van der Waals surface area contributed by atoms with E-state index in [4.69, 9.17) is 21.1 Å². The largest absolute Gasteiger partial charge is 0.420 e.